The predicted octanol–water partition coefficient (Wildman–Crippen LogP) is 2.78. The summed E-state index contributed by atoms with van der Waals surface area (Å²) in [6, 6.07) is 5.38. The Balaban J connectivity index is 2.03. The molecule has 136 valence electrons. The third-order valence-corrected chi connectivity index (χ3v) is 4.31. The van der Waals surface area contributed by atoms with Crippen LogP contribution in [-0.4, -0.2) is 35.6 Å². The number of carbonyl (C=O) groups is 1. The summed E-state index contributed by atoms with van der Waals surface area (Å²) < 4.78 is 5.46. The van der Waals surface area contributed by atoms with Crippen LogP contribution < -0.4 is 10.2 Å². The number of hydrogen-bond donors (Lipinski definition) is 2. The number of rotatable bonds is 7. The lowest BCUT2D eigenvalue weighted by Gasteiger charge is -2.23. The molecule has 6 nitrogen and oxygen atoms in total. The van der Waals surface area contributed by atoms with Crippen LogP contribution in [0.3, 0.4) is 0 Å². The fourth-order valence-electron chi connectivity index (χ4n) is 2.87. The zero-order valence-electron chi connectivity index (χ0n) is 15.6. The van der Waals surface area contributed by atoms with E-state index in [1.807, 2.05) is 13.0 Å². The highest BCUT2D eigenvalue weighted by Gasteiger charge is 2.28. The van der Waals surface area contributed by atoms with Gasteiger partial charge in [-0.15, -0.1) is 0 Å². The number of amides is 1. The molecular weight excluding hydrogens is 318 g/mol. The number of aromatic nitrogens is 1. The Morgan fingerprint density at radius 3 is 2.48 bits per heavy atom. The summed E-state index contributed by atoms with van der Waals surface area (Å²) in [7, 11) is 0. The van der Waals surface area contributed by atoms with Gasteiger partial charge in [0.1, 0.15) is 22.9 Å². The molecule has 0 saturated carbocycles. The molecule has 0 aromatic carbocycles. The molecule has 1 atom stereocenters. The molecule has 1 amide bonds. The van der Waals surface area contributed by atoms with Crippen molar-refractivity contribution in [2.75, 3.05) is 24.5 Å². The average Bonchev–Trinajstić information content (AvgIpc) is 2.94. The largest absolute Gasteiger partial charge is 0.466 e. The fraction of sp³-hybridized carbons (Fsp3) is 0.474. The van der Waals surface area contributed by atoms with Crippen LogP contribution in [-0.2, 0) is 5.60 Å². The molecule has 0 aliphatic rings. The maximum absolute atomic E-state index is 12.3. The van der Waals surface area contributed by atoms with E-state index >= 15 is 0 Å². The molecule has 0 aliphatic carbocycles. The smallest absolute Gasteiger partial charge is 0.252 e. The number of hydrogen-bond acceptors (Lipinski definition) is 5. The molecule has 0 fully saturated rings. The quantitative estimate of drug-likeness (QED) is 0.807. The Bertz CT molecular complexity index is 716. The first-order valence-electron chi connectivity index (χ1n) is 8.57. The summed E-state index contributed by atoms with van der Waals surface area (Å²) in [5.74, 6) is 1.96. The van der Waals surface area contributed by atoms with Gasteiger partial charge >= 0.3 is 0 Å². The summed E-state index contributed by atoms with van der Waals surface area (Å²) in [5, 5.41) is 13.4. The monoisotopic (exact) mass is 345 g/mol. The van der Waals surface area contributed by atoms with Crippen molar-refractivity contribution in [3.05, 3.63) is 47.0 Å². The molecule has 0 saturated heterocycles. The van der Waals surface area contributed by atoms with Gasteiger partial charge < -0.3 is 19.7 Å². The lowest BCUT2D eigenvalue weighted by Crippen LogP contribution is -2.38. The fourth-order valence-corrected chi connectivity index (χ4v) is 2.87. The topological polar surface area (TPSA) is 78.6 Å². The summed E-state index contributed by atoms with van der Waals surface area (Å²) in [6.45, 7) is 11.2. The van der Waals surface area contributed by atoms with Gasteiger partial charge in [0.2, 0.25) is 0 Å². The van der Waals surface area contributed by atoms with E-state index in [-0.39, 0.29) is 12.5 Å². The van der Waals surface area contributed by atoms with Gasteiger partial charge in [-0.2, -0.15) is 0 Å². The number of nitrogens with zero attached hydrogens (tertiary/aromatic N) is 2. The Kier molecular flexibility index (Phi) is 5.85. The Labute approximate surface area is 148 Å². The van der Waals surface area contributed by atoms with Crippen molar-refractivity contribution in [1.82, 2.24) is 10.3 Å². The Morgan fingerprint density at radius 2 is 2.00 bits per heavy atom. The number of carbonyl (C=O) groups excluding carboxylic acids is 1. The van der Waals surface area contributed by atoms with Crippen LogP contribution in [0.5, 0.6) is 0 Å². The average molecular weight is 345 g/mol. The summed E-state index contributed by atoms with van der Waals surface area (Å²) in [6.07, 6.45) is 1.56. The van der Waals surface area contributed by atoms with Gasteiger partial charge in [-0.25, -0.2) is 4.98 Å². The normalized spacial score (nSPS) is 13.4. The minimum Gasteiger partial charge on any atom is -0.466 e. The molecule has 0 radical (unpaired) electrons. The molecule has 0 spiro atoms. The maximum Gasteiger partial charge on any atom is 0.252 e. The lowest BCUT2D eigenvalue weighted by atomic mass is 9.96. The van der Waals surface area contributed by atoms with Crippen LogP contribution in [0.2, 0.25) is 0 Å². The second kappa shape index (κ2) is 7.70. The second-order valence-electron chi connectivity index (χ2n) is 6.36. The van der Waals surface area contributed by atoms with Gasteiger partial charge in [-0.1, -0.05) is 0 Å². The van der Waals surface area contributed by atoms with E-state index in [2.05, 4.69) is 29.0 Å². The molecule has 2 rings (SSSR count). The molecule has 25 heavy (non-hydrogen) atoms. The van der Waals surface area contributed by atoms with Crippen molar-refractivity contribution in [2.45, 2.75) is 40.2 Å². The van der Waals surface area contributed by atoms with Crippen molar-refractivity contribution in [3.8, 4) is 0 Å². The van der Waals surface area contributed by atoms with Gasteiger partial charge in [0.05, 0.1) is 12.1 Å². The van der Waals surface area contributed by atoms with E-state index in [4.69, 9.17) is 4.42 Å². The zero-order chi connectivity index (χ0) is 18.6. The van der Waals surface area contributed by atoms with Crippen LogP contribution in [0.1, 0.15) is 48.2 Å². The molecule has 2 aromatic rings. The van der Waals surface area contributed by atoms with Gasteiger partial charge in [0.25, 0.3) is 5.91 Å². The van der Waals surface area contributed by atoms with Crippen LogP contribution in [0.4, 0.5) is 5.82 Å². The first-order chi connectivity index (χ1) is 11.8. The summed E-state index contributed by atoms with van der Waals surface area (Å²) in [5.41, 5.74) is -0.0568. The minimum atomic E-state index is -1.20. The number of nitrogens with one attached hydrogen (secondary N) is 1. The minimum absolute atomic E-state index is 0.0867. The number of anilines is 1. The first kappa shape index (κ1) is 19.0. The zero-order valence-corrected chi connectivity index (χ0v) is 15.6. The maximum atomic E-state index is 12.3. The van der Waals surface area contributed by atoms with Gasteiger partial charge in [0, 0.05) is 24.8 Å². The molecule has 1 unspecified atom stereocenters. The van der Waals surface area contributed by atoms with Crippen LogP contribution in [0.25, 0.3) is 0 Å². The van der Waals surface area contributed by atoms with Crippen LogP contribution in [0, 0.1) is 13.8 Å². The van der Waals surface area contributed by atoms with E-state index in [0.717, 1.165) is 24.7 Å². The number of furan rings is 1. The highest BCUT2D eigenvalue weighted by molar-refractivity contribution is 5.94. The van der Waals surface area contributed by atoms with Crippen molar-refractivity contribution in [2.24, 2.45) is 0 Å². The number of aliphatic hydroxyl groups is 1. The molecule has 2 heterocycles. The molecule has 6 heteroatoms. The van der Waals surface area contributed by atoms with E-state index in [1.54, 1.807) is 32.2 Å². The second-order valence-corrected chi connectivity index (χ2v) is 6.36. The number of pyridine rings is 1. The van der Waals surface area contributed by atoms with Crippen molar-refractivity contribution in [3.63, 3.8) is 0 Å². The standard InChI is InChI=1S/C19H27N3O3/c1-6-22(7-2)17-9-8-15(11-20-17)18(23)21-12-19(5,24)16-10-13(3)25-14(16)4/h8-11,24H,6-7,12H2,1-5H3,(H,21,23). The summed E-state index contributed by atoms with van der Waals surface area (Å²) in [4.78, 5) is 18.8. The lowest BCUT2D eigenvalue weighted by molar-refractivity contribution is 0.0514. The van der Waals surface area contributed by atoms with Gasteiger partial charge in [-0.3, -0.25) is 4.79 Å². The third kappa shape index (κ3) is 4.39. The van der Waals surface area contributed by atoms with E-state index in [9.17, 15) is 9.90 Å². The van der Waals surface area contributed by atoms with Crippen molar-refractivity contribution in [1.29, 1.82) is 0 Å². The Hall–Kier alpha value is -2.34. The highest BCUT2D eigenvalue weighted by atomic mass is 16.3. The molecular formula is C19H27N3O3. The van der Waals surface area contributed by atoms with Crippen molar-refractivity contribution < 1.29 is 14.3 Å². The SMILES string of the molecule is CCN(CC)c1ccc(C(=O)NCC(C)(O)c2cc(C)oc2C)cn1. The van der Waals surface area contributed by atoms with E-state index < -0.39 is 5.60 Å². The first-order valence-corrected chi connectivity index (χ1v) is 8.57. The van der Waals surface area contributed by atoms with Crippen LogP contribution in [0.15, 0.2) is 28.8 Å². The van der Waals surface area contributed by atoms with Gasteiger partial charge in [0.15, 0.2) is 0 Å². The molecule has 0 bridgehead atoms. The number of aryl methyl sites for hydroxylation is 2. The highest BCUT2D eigenvalue weighted by Crippen LogP contribution is 2.26. The van der Waals surface area contributed by atoms with Gasteiger partial charge in [-0.05, 0) is 52.8 Å². The van der Waals surface area contributed by atoms with Crippen molar-refractivity contribution >= 4 is 11.7 Å². The van der Waals surface area contributed by atoms with E-state index in [0.29, 0.717) is 16.9 Å². The Morgan fingerprint density at radius 1 is 1.32 bits per heavy atom. The summed E-state index contributed by atoms with van der Waals surface area (Å²) >= 11 is 0. The molecule has 2 aromatic heterocycles. The van der Waals surface area contributed by atoms with E-state index in [1.165, 1.54) is 0 Å². The molecule has 0 aliphatic heterocycles. The molecule has 2 N–H and O–H groups in total. The predicted molar refractivity (Wildman–Crippen MR) is 97.9 cm³/mol. The third-order valence-electron chi connectivity index (χ3n) is 4.31. The van der Waals surface area contributed by atoms with Crippen LogP contribution >= 0.6 is 0 Å².